The number of alkyl halides is 3. The van der Waals surface area contributed by atoms with Gasteiger partial charge in [-0.15, -0.1) is 0 Å². The summed E-state index contributed by atoms with van der Waals surface area (Å²) in [4.78, 5) is 45.8. The first-order valence-corrected chi connectivity index (χ1v) is 19.6. The third kappa shape index (κ3) is 16.6. The molecule has 0 saturated heterocycles. The summed E-state index contributed by atoms with van der Waals surface area (Å²) in [5.41, 5.74) is 5.18. The summed E-state index contributed by atoms with van der Waals surface area (Å²) >= 11 is 20.2. The van der Waals surface area contributed by atoms with E-state index in [4.69, 9.17) is 61.0 Å². The Bertz CT molecular complexity index is 2300. The number of hydrogen-bond donors (Lipinski definition) is 2. The molecule has 0 aliphatic heterocycles. The van der Waals surface area contributed by atoms with Gasteiger partial charge in [0.15, 0.2) is 4.30 Å². The Morgan fingerprint density at radius 2 is 1.03 bits per heavy atom. The van der Waals surface area contributed by atoms with Gasteiger partial charge >= 0.3 is 22.6 Å². The van der Waals surface area contributed by atoms with E-state index in [1.807, 2.05) is 74.5 Å². The fourth-order valence-corrected chi connectivity index (χ4v) is 5.48. The van der Waals surface area contributed by atoms with Gasteiger partial charge < -0.3 is 24.8 Å². The third-order valence-corrected chi connectivity index (χ3v) is 8.59. The molecule has 6 rings (SSSR count). The van der Waals surface area contributed by atoms with Crippen molar-refractivity contribution < 1.29 is 18.7 Å². The topological polar surface area (TPSA) is 188 Å². The second-order valence-corrected chi connectivity index (χ2v) is 14.4. The van der Waals surface area contributed by atoms with Crippen molar-refractivity contribution in [2.45, 2.75) is 58.4 Å². The summed E-state index contributed by atoms with van der Waals surface area (Å²) in [5.74, 6) is 0. The summed E-state index contributed by atoms with van der Waals surface area (Å²) in [6.45, 7) is 14.0. The fourth-order valence-electron chi connectivity index (χ4n) is 5.18. The summed E-state index contributed by atoms with van der Waals surface area (Å²) in [5, 5.41) is 25.6. The van der Waals surface area contributed by atoms with Crippen molar-refractivity contribution in [2.75, 3.05) is 25.0 Å². The molecule has 3 N–H and O–H groups in total. The molecule has 2 atom stereocenters. The highest BCUT2D eigenvalue weighted by molar-refractivity contribution is 6.63. The Balaban J connectivity index is 0.000000415. The van der Waals surface area contributed by atoms with Gasteiger partial charge in [0.25, 0.3) is 0 Å². The molecule has 2 heterocycles. The van der Waals surface area contributed by atoms with Gasteiger partial charge in [0.2, 0.25) is 0 Å². The molecule has 0 unspecified atom stereocenters. The van der Waals surface area contributed by atoms with E-state index in [-0.39, 0.29) is 35.8 Å². The van der Waals surface area contributed by atoms with Crippen LogP contribution in [-0.4, -0.2) is 38.7 Å². The molecule has 318 valence electrons. The van der Waals surface area contributed by atoms with Gasteiger partial charge in [-0.3, -0.25) is 20.2 Å². The lowest BCUT2D eigenvalue weighted by molar-refractivity contribution is -0.387. The van der Waals surface area contributed by atoms with Crippen LogP contribution in [0.1, 0.15) is 65.3 Å². The number of halogens is 4. The Kier molecular flexibility index (Phi) is 23.7. The van der Waals surface area contributed by atoms with Crippen LogP contribution < -0.4 is 22.3 Å². The first-order valence-electron chi connectivity index (χ1n) is 17.9. The summed E-state index contributed by atoms with van der Waals surface area (Å²) < 4.78 is 9.05. The number of rotatable bonds is 9. The van der Waals surface area contributed by atoms with E-state index in [2.05, 4.69) is 31.0 Å². The minimum atomic E-state index is -1.04. The van der Waals surface area contributed by atoms with E-state index in [1.165, 1.54) is 31.3 Å². The molecular formula is C42H49Cl4N5O8. The smallest absolute Gasteiger partial charge is 0.417 e. The van der Waals surface area contributed by atoms with Crippen LogP contribution in [0, 0.1) is 20.2 Å². The van der Waals surface area contributed by atoms with E-state index < -0.39 is 36.8 Å². The molecule has 0 aliphatic carbocycles. The second-order valence-electron chi connectivity index (χ2n) is 12.0. The standard InChI is InChI=1S/C17H14N2O4.C9H4ClNO4.C8H11N.C6H15N.CHCl3.CH4/c1-11(12-7-3-2-4-8-12)18-15-13-9-5-6-10-14(13)23-17(20)16(15)19(21)22;10-7-5-3-1-2-4-6(5)15-9(12)8(7)11(13)14;1-7(9)8-5-3-2-4-6-8;1-4-7(5-2)6-3;2-1(3)4;/h2-11,18H,1H3;1-4H;2-7H,9H2,1H3;4-6H2,1-3H3;1H;1H4/t11-;;7-;;;/m0.0.../s1. The average molecular weight is 894 g/mol. The maximum atomic E-state index is 12.0. The molecule has 2 aromatic heterocycles. The maximum Gasteiger partial charge on any atom is 0.417 e. The number of fused-ring (bicyclic) bond motifs is 2. The highest BCUT2D eigenvalue weighted by Crippen LogP contribution is 2.33. The SMILES string of the molecule is C.CCN(CC)CC.C[C@H](N)c1ccccc1.C[C@H](Nc1c([N+](=O)[O-])c(=O)oc2ccccc12)c1ccccc1.ClC(Cl)Cl.O=c1oc2ccccc2c(Cl)c1[N+](=O)[O-]. The monoisotopic (exact) mass is 891 g/mol. The zero-order chi connectivity index (χ0) is 43.4. The van der Waals surface area contributed by atoms with Crippen LogP contribution in [0.5, 0.6) is 0 Å². The number of nitro groups is 2. The Hall–Kier alpha value is -5.02. The van der Waals surface area contributed by atoms with Gasteiger partial charge in [0.1, 0.15) is 21.9 Å². The number of nitrogens with two attached hydrogens (primary N) is 1. The summed E-state index contributed by atoms with van der Waals surface area (Å²) in [6, 6.07) is 32.6. The largest absolute Gasteiger partial charge is 0.418 e. The van der Waals surface area contributed by atoms with Crippen molar-refractivity contribution in [1.82, 2.24) is 4.90 Å². The molecule has 6 aromatic rings. The van der Waals surface area contributed by atoms with Gasteiger partial charge in [-0.2, -0.15) is 0 Å². The van der Waals surface area contributed by atoms with E-state index in [0.29, 0.717) is 16.4 Å². The fraction of sp³-hybridized carbons (Fsp3) is 0.286. The molecule has 0 radical (unpaired) electrons. The highest BCUT2D eigenvalue weighted by atomic mass is 35.6. The van der Waals surface area contributed by atoms with Crippen molar-refractivity contribution in [1.29, 1.82) is 0 Å². The average Bonchev–Trinajstić information content (AvgIpc) is 3.19. The number of anilines is 1. The number of benzene rings is 4. The van der Waals surface area contributed by atoms with Gasteiger partial charge in [0.05, 0.1) is 9.85 Å². The highest BCUT2D eigenvalue weighted by Gasteiger charge is 2.26. The number of hydrogen-bond acceptors (Lipinski definition) is 11. The molecule has 0 saturated carbocycles. The van der Waals surface area contributed by atoms with Crippen molar-refractivity contribution in [3.8, 4) is 0 Å². The molecule has 0 aliphatic rings. The van der Waals surface area contributed by atoms with Gasteiger partial charge in [-0.1, -0.05) is 160 Å². The minimum Gasteiger partial charge on any atom is -0.418 e. The summed E-state index contributed by atoms with van der Waals surface area (Å²) in [7, 11) is 0. The van der Waals surface area contributed by atoms with Crippen molar-refractivity contribution in [3.05, 3.63) is 166 Å². The lowest BCUT2D eigenvalue weighted by Gasteiger charge is -2.16. The first-order chi connectivity index (χ1) is 27.6. The van der Waals surface area contributed by atoms with E-state index in [1.54, 1.807) is 42.5 Å². The molecule has 0 spiro atoms. The zero-order valence-corrected chi connectivity index (χ0v) is 35.5. The molecule has 0 fully saturated rings. The van der Waals surface area contributed by atoms with Crippen LogP contribution in [0.3, 0.4) is 0 Å². The van der Waals surface area contributed by atoms with E-state index >= 15 is 0 Å². The lowest BCUT2D eigenvalue weighted by Crippen LogP contribution is -2.21. The number of nitrogens with one attached hydrogen (secondary N) is 1. The predicted octanol–water partition coefficient (Wildman–Crippen LogP) is 11.9. The van der Waals surface area contributed by atoms with Crippen LogP contribution >= 0.6 is 46.4 Å². The lowest BCUT2D eigenvalue weighted by atomic mass is 10.1. The Labute approximate surface area is 362 Å². The Morgan fingerprint density at radius 1 is 0.661 bits per heavy atom. The molecule has 0 bridgehead atoms. The van der Waals surface area contributed by atoms with Gasteiger partial charge in [0, 0.05) is 22.9 Å². The molecule has 59 heavy (non-hydrogen) atoms. The van der Waals surface area contributed by atoms with Crippen molar-refractivity contribution >= 4 is 85.4 Å². The minimum absolute atomic E-state index is 0. The molecule has 13 nitrogen and oxygen atoms in total. The molecule has 0 amide bonds. The molecule has 17 heteroatoms. The first kappa shape index (κ1) is 52.0. The number of para-hydroxylation sites is 2. The summed E-state index contributed by atoms with van der Waals surface area (Å²) in [6.07, 6.45) is 0. The third-order valence-electron chi connectivity index (χ3n) is 8.21. The quantitative estimate of drug-likeness (QED) is 0.0608. The van der Waals surface area contributed by atoms with Crippen LogP contribution in [0.15, 0.2) is 128 Å². The molecular weight excluding hydrogens is 844 g/mol. The van der Waals surface area contributed by atoms with Crippen LogP contribution in [0.4, 0.5) is 17.1 Å². The number of nitrogens with zero attached hydrogens (tertiary/aromatic N) is 3. The van der Waals surface area contributed by atoms with Gasteiger partial charge in [-0.05, 0) is 68.9 Å². The van der Waals surface area contributed by atoms with E-state index in [9.17, 15) is 29.8 Å². The maximum absolute atomic E-state index is 12.0. The van der Waals surface area contributed by atoms with Crippen LogP contribution in [-0.2, 0) is 0 Å². The Morgan fingerprint density at radius 3 is 1.42 bits per heavy atom. The molecule has 4 aromatic carbocycles. The second kappa shape index (κ2) is 26.9. The van der Waals surface area contributed by atoms with Crippen molar-refractivity contribution in [2.24, 2.45) is 5.73 Å². The van der Waals surface area contributed by atoms with Gasteiger partial charge in [-0.25, -0.2) is 9.59 Å². The van der Waals surface area contributed by atoms with Crippen LogP contribution in [0.25, 0.3) is 21.9 Å². The predicted molar refractivity (Wildman–Crippen MR) is 242 cm³/mol. The van der Waals surface area contributed by atoms with Crippen LogP contribution in [0.2, 0.25) is 5.02 Å². The van der Waals surface area contributed by atoms with Crippen molar-refractivity contribution in [3.63, 3.8) is 0 Å². The zero-order valence-electron chi connectivity index (χ0n) is 32.4. The normalized spacial score (nSPS) is 11.2. The van der Waals surface area contributed by atoms with E-state index in [0.717, 1.165) is 5.56 Å².